The van der Waals surface area contributed by atoms with E-state index in [-0.39, 0.29) is 16.7 Å². The third-order valence-electron chi connectivity index (χ3n) is 4.50. The van der Waals surface area contributed by atoms with Crippen molar-refractivity contribution in [1.82, 2.24) is 15.1 Å². The van der Waals surface area contributed by atoms with E-state index in [0.717, 1.165) is 51.4 Å². The van der Waals surface area contributed by atoms with E-state index < -0.39 is 0 Å². The largest absolute Gasteiger partial charge is 0.379 e. The normalized spacial score (nSPS) is 16.2. The molecule has 1 heterocycles. The van der Waals surface area contributed by atoms with Crippen molar-refractivity contribution in [2.24, 2.45) is 0 Å². The summed E-state index contributed by atoms with van der Waals surface area (Å²) in [5, 5.41) is 14.9. The zero-order chi connectivity index (χ0) is 18.2. The highest BCUT2D eigenvalue weighted by atomic mass is 32.1. The lowest BCUT2D eigenvalue weighted by molar-refractivity contribution is -0.384. The summed E-state index contributed by atoms with van der Waals surface area (Å²) in [6.45, 7) is 7.44. The number of hydrogen-bond acceptors (Lipinski definition) is 5. The first-order valence-corrected chi connectivity index (χ1v) is 8.95. The molecular weight excluding hydrogens is 340 g/mol. The van der Waals surface area contributed by atoms with E-state index in [2.05, 4.69) is 10.2 Å². The molecular formula is C17H26N4O3S. The predicted octanol–water partition coefficient (Wildman–Crippen LogP) is 2.18. The molecule has 1 fully saturated rings. The van der Waals surface area contributed by atoms with E-state index in [4.69, 9.17) is 17.0 Å². The Morgan fingerprint density at radius 1 is 1.48 bits per heavy atom. The van der Waals surface area contributed by atoms with Crippen molar-refractivity contribution >= 4 is 23.0 Å². The molecule has 25 heavy (non-hydrogen) atoms. The first kappa shape index (κ1) is 19.6. The third-order valence-corrected chi connectivity index (χ3v) is 4.93. The lowest BCUT2D eigenvalue weighted by Gasteiger charge is -2.29. The molecule has 138 valence electrons. The summed E-state index contributed by atoms with van der Waals surface area (Å²) in [5.41, 5.74) is 0.969. The molecule has 0 aromatic heterocycles. The number of ether oxygens (including phenoxy) is 1. The van der Waals surface area contributed by atoms with Crippen LogP contribution in [-0.4, -0.2) is 66.3 Å². The summed E-state index contributed by atoms with van der Waals surface area (Å²) in [6.07, 6.45) is 1.01. The minimum Gasteiger partial charge on any atom is -0.379 e. The molecule has 7 nitrogen and oxygen atoms in total. The van der Waals surface area contributed by atoms with Gasteiger partial charge in [-0.1, -0.05) is 12.1 Å². The maximum atomic E-state index is 10.9. The van der Waals surface area contributed by atoms with Crippen LogP contribution in [0.25, 0.3) is 0 Å². The molecule has 1 aromatic carbocycles. The van der Waals surface area contributed by atoms with Crippen LogP contribution in [0.5, 0.6) is 0 Å². The van der Waals surface area contributed by atoms with Crippen molar-refractivity contribution in [2.45, 2.75) is 19.4 Å². The van der Waals surface area contributed by atoms with Crippen molar-refractivity contribution < 1.29 is 9.66 Å². The second-order valence-corrected chi connectivity index (χ2v) is 6.57. The number of morpholine rings is 1. The Morgan fingerprint density at radius 2 is 2.20 bits per heavy atom. The van der Waals surface area contributed by atoms with Crippen molar-refractivity contribution in [3.05, 3.63) is 39.9 Å². The van der Waals surface area contributed by atoms with Crippen LogP contribution in [0.3, 0.4) is 0 Å². The summed E-state index contributed by atoms with van der Waals surface area (Å²) in [6, 6.07) is 6.64. The number of rotatable bonds is 7. The van der Waals surface area contributed by atoms with Crippen LogP contribution < -0.4 is 5.32 Å². The summed E-state index contributed by atoms with van der Waals surface area (Å²) in [5.74, 6) is 0. The Kier molecular flexibility index (Phi) is 7.54. The van der Waals surface area contributed by atoms with Crippen molar-refractivity contribution in [1.29, 1.82) is 0 Å². The van der Waals surface area contributed by atoms with Crippen LogP contribution in [0.4, 0.5) is 5.69 Å². The molecule has 0 radical (unpaired) electrons. The van der Waals surface area contributed by atoms with E-state index in [1.54, 1.807) is 12.1 Å². The van der Waals surface area contributed by atoms with Gasteiger partial charge in [0.25, 0.3) is 5.69 Å². The van der Waals surface area contributed by atoms with Gasteiger partial charge in [-0.3, -0.25) is 15.0 Å². The fourth-order valence-electron chi connectivity index (χ4n) is 2.75. The second-order valence-electron chi connectivity index (χ2n) is 6.18. The number of thiocarbonyl (C=S) groups is 1. The average Bonchev–Trinajstić information content (AvgIpc) is 2.64. The van der Waals surface area contributed by atoms with Gasteiger partial charge in [0, 0.05) is 38.8 Å². The van der Waals surface area contributed by atoms with Gasteiger partial charge < -0.3 is 15.0 Å². The Morgan fingerprint density at radius 3 is 2.88 bits per heavy atom. The van der Waals surface area contributed by atoms with Gasteiger partial charge in [-0.05, 0) is 37.7 Å². The number of nitro benzene ring substituents is 1. The number of nitrogens with one attached hydrogen (secondary N) is 1. The fraction of sp³-hybridized carbons (Fsp3) is 0.588. The van der Waals surface area contributed by atoms with E-state index in [0.29, 0.717) is 5.11 Å². The molecule has 1 saturated heterocycles. The van der Waals surface area contributed by atoms with Crippen molar-refractivity contribution in [2.75, 3.05) is 46.4 Å². The van der Waals surface area contributed by atoms with Crippen LogP contribution in [0.15, 0.2) is 24.3 Å². The molecule has 0 saturated carbocycles. The molecule has 0 amide bonds. The molecule has 1 aliphatic heterocycles. The molecule has 8 heteroatoms. The van der Waals surface area contributed by atoms with Gasteiger partial charge in [0.15, 0.2) is 5.11 Å². The van der Waals surface area contributed by atoms with Gasteiger partial charge >= 0.3 is 0 Å². The highest BCUT2D eigenvalue weighted by Gasteiger charge is 2.17. The quantitative estimate of drug-likeness (QED) is 0.343. The Hall–Kier alpha value is -1.77. The lowest BCUT2D eigenvalue weighted by atomic mass is 10.1. The molecule has 2 rings (SSSR count). The first-order chi connectivity index (χ1) is 12.0. The zero-order valence-electron chi connectivity index (χ0n) is 14.8. The first-order valence-electron chi connectivity index (χ1n) is 8.54. The molecule has 0 spiro atoms. The zero-order valence-corrected chi connectivity index (χ0v) is 15.6. The summed E-state index contributed by atoms with van der Waals surface area (Å²) in [4.78, 5) is 14.9. The van der Waals surface area contributed by atoms with Crippen LogP contribution in [0.2, 0.25) is 0 Å². The molecule has 0 bridgehead atoms. The number of benzene rings is 1. The molecule has 0 unspecified atom stereocenters. The van der Waals surface area contributed by atoms with Gasteiger partial charge in [-0.25, -0.2) is 0 Å². The number of nitro groups is 1. The average molecular weight is 366 g/mol. The smallest absolute Gasteiger partial charge is 0.269 e. The van der Waals surface area contributed by atoms with E-state index in [1.165, 1.54) is 6.07 Å². The van der Waals surface area contributed by atoms with Gasteiger partial charge in [-0.2, -0.15) is 0 Å². The van der Waals surface area contributed by atoms with Gasteiger partial charge in [0.05, 0.1) is 24.2 Å². The van der Waals surface area contributed by atoms with Crippen LogP contribution in [0, 0.1) is 10.1 Å². The Labute approximate surface area is 154 Å². The van der Waals surface area contributed by atoms with E-state index in [9.17, 15) is 10.1 Å². The third kappa shape index (κ3) is 5.91. The summed E-state index contributed by atoms with van der Waals surface area (Å²) < 4.78 is 5.34. The SMILES string of the molecule is C[C@@H](c1cccc([N+](=O)[O-])c1)N(C)C(=S)NCCCN1CCOCC1. The summed E-state index contributed by atoms with van der Waals surface area (Å²) >= 11 is 5.45. The molecule has 0 aliphatic carbocycles. The lowest BCUT2D eigenvalue weighted by Crippen LogP contribution is -2.41. The molecule has 1 N–H and O–H groups in total. The minimum atomic E-state index is -0.377. The maximum Gasteiger partial charge on any atom is 0.269 e. The monoisotopic (exact) mass is 366 g/mol. The number of non-ortho nitro benzene ring substituents is 1. The Balaban J connectivity index is 1.78. The maximum absolute atomic E-state index is 10.9. The molecule has 1 aromatic rings. The predicted molar refractivity (Wildman–Crippen MR) is 102 cm³/mol. The summed E-state index contributed by atoms with van der Waals surface area (Å²) in [7, 11) is 1.90. The topological polar surface area (TPSA) is 70.9 Å². The van der Waals surface area contributed by atoms with Crippen LogP contribution in [0.1, 0.15) is 24.9 Å². The molecule has 1 atom stereocenters. The highest BCUT2D eigenvalue weighted by Crippen LogP contribution is 2.23. The number of nitrogens with zero attached hydrogens (tertiary/aromatic N) is 3. The van der Waals surface area contributed by atoms with Crippen molar-refractivity contribution in [3.8, 4) is 0 Å². The fourth-order valence-corrected chi connectivity index (χ4v) is 3.01. The number of hydrogen-bond donors (Lipinski definition) is 1. The Bertz CT molecular complexity index is 593. The van der Waals surface area contributed by atoms with Gasteiger partial charge in [0.1, 0.15) is 0 Å². The van der Waals surface area contributed by atoms with Crippen molar-refractivity contribution in [3.63, 3.8) is 0 Å². The van der Waals surface area contributed by atoms with E-state index >= 15 is 0 Å². The highest BCUT2D eigenvalue weighted by molar-refractivity contribution is 7.80. The minimum absolute atomic E-state index is 0.0425. The van der Waals surface area contributed by atoms with Crippen LogP contribution in [-0.2, 0) is 4.74 Å². The molecule has 1 aliphatic rings. The van der Waals surface area contributed by atoms with Gasteiger partial charge in [-0.15, -0.1) is 0 Å². The van der Waals surface area contributed by atoms with E-state index in [1.807, 2.05) is 24.9 Å². The van der Waals surface area contributed by atoms with Gasteiger partial charge in [0.2, 0.25) is 0 Å². The van der Waals surface area contributed by atoms with Crippen LogP contribution >= 0.6 is 12.2 Å². The standard InChI is InChI=1S/C17H26N4O3S/c1-14(15-5-3-6-16(13-15)21(22)23)19(2)17(25)18-7-4-8-20-9-11-24-12-10-20/h3,5-6,13-14H,4,7-12H2,1-2H3,(H,18,25)/t14-/m0/s1. The second kappa shape index (κ2) is 9.65.